The highest BCUT2D eigenvalue weighted by molar-refractivity contribution is 6.23. The molecule has 1 amide bonds. The van der Waals surface area contributed by atoms with Crippen molar-refractivity contribution in [1.82, 2.24) is 0 Å². The molecule has 5 aromatic rings. The topological polar surface area (TPSA) is 59.8 Å². The fourth-order valence-corrected chi connectivity index (χ4v) is 4.80. The third kappa shape index (κ3) is 2.64. The lowest BCUT2D eigenvalue weighted by Gasteiger charge is -2.45. The second-order valence-corrected chi connectivity index (χ2v) is 8.02. The molecule has 5 nitrogen and oxygen atoms in total. The van der Waals surface area contributed by atoms with Crippen LogP contribution in [0, 0.1) is 0 Å². The molecule has 32 heavy (non-hydrogen) atoms. The monoisotopic (exact) mass is 421 g/mol. The summed E-state index contributed by atoms with van der Waals surface area (Å²) in [4.78, 5) is 26.6. The Balaban J connectivity index is 1.63. The normalized spacial score (nSPS) is 18.3. The zero-order valence-electron chi connectivity index (χ0n) is 17.3. The molecule has 1 aliphatic heterocycles. The molecule has 0 bridgehead atoms. The third-order valence-electron chi connectivity index (χ3n) is 6.18. The Labute approximate surface area is 183 Å². The third-order valence-corrected chi connectivity index (χ3v) is 6.18. The Morgan fingerprint density at radius 3 is 2.31 bits per heavy atom. The number of nitrogens with zero attached hydrogens (tertiary/aromatic N) is 1. The molecule has 1 fully saturated rings. The van der Waals surface area contributed by atoms with E-state index in [9.17, 15) is 9.59 Å². The zero-order chi connectivity index (χ0) is 21.8. The average molecular weight is 421 g/mol. The van der Waals surface area contributed by atoms with E-state index in [0.717, 1.165) is 38.0 Å². The largest absolute Gasteiger partial charge is 0.467 e. The van der Waals surface area contributed by atoms with Gasteiger partial charge in [-0.2, -0.15) is 0 Å². The Hall–Kier alpha value is -4.12. The molecular weight excluding hydrogens is 402 g/mol. The quantitative estimate of drug-likeness (QED) is 0.211. The number of esters is 1. The molecule has 0 N–H and O–H groups in total. The Morgan fingerprint density at radius 1 is 0.844 bits per heavy atom. The average Bonchev–Trinajstić information content (AvgIpc) is 3.34. The summed E-state index contributed by atoms with van der Waals surface area (Å²) < 4.78 is 11.0. The van der Waals surface area contributed by atoms with E-state index in [1.165, 1.54) is 6.92 Å². The van der Waals surface area contributed by atoms with Crippen LogP contribution in [0.3, 0.4) is 0 Å². The van der Waals surface area contributed by atoms with Gasteiger partial charge in [0.15, 0.2) is 0 Å². The van der Waals surface area contributed by atoms with Crippen LogP contribution in [0.1, 0.15) is 18.7 Å². The standard InChI is InChI=1S/C27H19NO4/c1-16(29)32-26-25(24-11-6-14-31-24)28(27(26)30)23-15-22-18-8-3-2-7-17(18)12-13-20(22)19-9-4-5-10-21(19)23/h2-15,25-26H,1H3/t25-,26-/m1/s1. The molecular formula is C27H19NO4. The van der Waals surface area contributed by atoms with Crippen LogP contribution in [0.5, 0.6) is 0 Å². The van der Waals surface area contributed by atoms with Crippen molar-refractivity contribution in [2.75, 3.05) is 4.90 Å². The van der Waals surface area contributed by atoms with Crippen LogP contribution in [0.15, 0.2) is 89.5 Å². The lowest BCUT2D eigenvalue weighted by atomic mass is 9.90. The highest BCUT2D eigenvalue weighted by atomic mass is 16.6. The van der Waals surface area contributed by atoms with Gasteiger partial charge in [0.05, 0.1) is 12.0 Å². The van der Waals surface area contributed by atoms with Crippen molar-refractivity contribution in [2.24, 2.45) is 0 Å². The summed E-state index contributed by atoms with van der Waals surface area (Å²) in [6.07, 6.45) is 0.660. The van der Waals surface area contributed by atoms with Crippen molar-refractivity contribution in [1.29, 1.82) is 0 Å². The van der Waals surface area contributed by atoms with Gasteiger partial charge in [-0.3, -0.25) is 14.5 Å². The van der Waals surface area contributed by atoms with Crippen LogP contribution in [0.25, 0.3) is 32.3 Å². The number of carbonyl (C=O) groups excluding carboxylic acids is 2. The van der Waals surface area contributed by atoms with Gasteiger partial charge in [0.25, 0.3) is 5.91 Å². The number of furan rings is 1. The summed E-state index contributed by atoms with van der Waals surface area (Å²) in [6, 6.07) is 25.7. The molecule has 0 saturated carbocycles. The molecule has 2 atom stereocenters. The Morgan fingerprint density at radius 2 is 1.56 bits per heavy atom. The van der Waals surface area contributed by atoms with Gasteiger partial charge >= 0.3 is 5.97 Å². The summed E-state index contributed by atoms with van der Waals surface area (Å²) >= 11 is 0. The lowest BCUT2D eigenvalue weighted by Crippen LogP contribution is -2.60. The molecule has 0 aliphatic carbocycles. The highest BCUT2D eigenvalue weighted by Crippen LogP contribution is 2.46. The van der Waals surface area contributed by atoms with Crippen LogP contribution >= 0.6 is 0 Å². The van der Waals surface area contributed by atoms with Crippen LogP contribution < -0.4 is 4.90 Å². The molecule has 1 saturated heterocycles. The van der Waals surface area contributed by atoms with Gasteiger partial charge in [-0.1, -0.05) is 60.7 Å². The number of carbonyl (C=O) groups is 2. The number of anilines is 1. The molecule has 2 heterocycles. The summed E-state index contributed by atoms with van der Waals surface area (Å²) in [7, 11) is 0. The van der Waals surface area contributed by atoms with Crippen molar-refractivity contribution in [3.05, 3.63) is 90.9 Å². The summed E-state index contributed by atoms with van der Waals surface area (Å²) in [5.41, 5.74) is 0.777. The van der Waals surface area contributed by atoms with Crippen molar-refractivity contribution in [3.8, 4) is 0 Å². The number of ether oxygens (including phenoxy) is 1. The highest BCUT2D eigenvalue weighted by Gasteiger charge is 2.53. The van der Waals surface area contributed by atoms with Gasteiger partial charge in [0, 0.05) is 12.3 Å². The molecule has 4 aromatic carbocycles. The van der Waals surface area contributed by atoms with E-state index in [1.54, 1.807) is 23.3 Å². The first-order valence-corrected chi connectivity index (χ1v) is 10.5. The summed E-state index contributed by atoms with van der Waals surface area (Å²) in [5.74, 6) is -0.168. The molecule has 0 spiro atoms. The van der Waals surface area contributed by atoms with Gasteiger partial charge in [0.2, 0.25) is 6.10 Å². The fraction of sp³-hybridized carbons (Fsp3) is 0.111. The number of amides is 1. The Bertz CT molecular complexity index is 1520. The van der Waals surface area contributed by atoms with Crippen LogP contribution in [-0.2, 0) is 14.3 Å². The second kappa shape index (κ2) is 6.95. The van der Waals surface area contributed by atoms with E-state index in [1.807, 2.05) is 30.3 Å². The van der Waals surface area contributed by atoms with E-state index in [2.05, 4.69) is 36.4 Å². The number of hydrogen-bond acceptors (Lipinski definition) is 4. The SMILES string of the molecule is CC(=O)O[C@H]1C(=O)N(c2cc3c4ccccc4ccc3c3ccccc23)[C@@H]1c1ccco1. The summed E-state index contributed by atoms with van der Waals surface area (Å²) in [6.45, 7) is 1.31. The van der Waals surface area contributed by atoms with Gasteiger partial charge in [-0.25, -0.2) is 0 Å². The van der Waals surface area contributed by atoms with E-state index in [4.69, 9.17) is 9.15 Å². The lowest BCUT2D eigenvalue weighted by molar-refractivity contribution is -0.161. The van der Waals surface area contributed by atoms with E-state index >= 15 is 0 Å². The van der Waals surface area contributed by atoms with Gasteiger partial charge in [-0.15, -0.1) is 0 Å². The van der Waals surface area contributed by atoms with Crippen molar-refractivity contribution < 1.29 is 18.7 Å². The molecule has 1 aliphatic rings. The zero-order valence-corrected chi connectivity index (χ0v) is 17.3. The first kappa shape index (κ1) is 18.6. The minimum absolute atomic E-state index is 0.258. The molecule has 1 aromatic heterocycles. The van der Waals surface area contributed by atoms with Crippen LogP contribution in [0.4, 0.5) is 5.69 Å². The minimum Gasteiger partial charge on any atom is -0.467 e. The number of hydrogen-bond donors (Lipinski definition) is 0. The van der Waals surface area contributed by atoms with Crippen LogP contribution in [0.2, 0.25) is 0 Å². The van der Waals surface area contributed by atoms with Crippen LogP contribution in [-0.4, -0.2) is 18.0 Å². The maximum Gasteiger partial charge on any atom is 0.303 e. The first-order valence-electron chi connectivity index (χ1n) is 10.5. The maximum atomic E-state index is 13.3. The van der Waals surface area contributed by atoms with Gasteiger partial charge < -0.3 is 9.15 Å². The van der Waals surface area contributed by atoms with E-state index in [0.29, 0.717) is 5.76 Å². The Kier molecular flexibility index (Phi) is 4.05. The number of fused-ring (bicyclic) bond motifs is 5. The molecule has 5 heteroatoms. The molecule has 6 rings (SSSR count). The van der Waals surface area contributed by atoms with Gasteiger partial charge in [0.1, 0.15) is 11.8 Å². The van der Waals surface area contributed by atoms with Crippen molar-refractivity contribution >= 4 is 49.9 Å². The van der Waals surface area contributed by atoms with Gasteiger partial charge in [-0.05, 0) is 45.1 Å². The predicted molar refractivity (Wildman–Crippen MR) is 123 cm³/mol. The molecule has 0 radical (unpaired) electrons. The maximum absolute atomic E-state index is 13.3. The smallest absolute Gasteiger partial charge is 0.303 e. The fourth-order valence-electron chi connectivity index (χ4n) is 4.80. The number of rotatable bonds is 3. The molecule has 0 unspecified atom stereocenters. The van der Waals surface area contributed by atoms with E-state index < -0.39 is 18.1 Å². The number of benzene rings is 4. The number of β-lactam (4-membered cyclic amide) rings is 1. The first-order chi connectivity index (χ1) is 15.6. The summed E-state index contributed by atoms with van der Waals surface area (Å²) in [5, 5.41) is 6.47. The van der Waals surface area contributed by atoms with E-state index in [-0.39, 0.29) is 5.91 Å². The predicted octanol–water partition coefficient (Wildman–Crippen LogP) is 5.76. The van der Waals surface area contributed by atoms with Crippen molar-refractivity contribution in [2.45, 2.75) is 19.1 Å². The molecule has 156 valence electrons. The second-order valence-electron chi connectivity index (χ2n) is 8.02. The minimum atomic E-state index is -0.902. The van der Waals surface area contributed by atoms with Crippen molar-refractivity contribution in [3.63, 3.8) is 0 Å².